The van der Waals surface area contributed by atoms with E-state index in [0.717, 1.165) is 54.4 Å². The van der Waals surface area contributed by atoms with Crippen molar-refractivity contribution in [3.05, 3.63) is 102 Å². The average molecular weight is 494 g/mol. The van der Waals surface area contributed by atoms with Gasteiger partial charge in [0, 0.05) is 37.3 Å². The average Bonchev–Trinajstić information content (AvgIpc) is 2.93. The number of carbonyl (C=O) groups excluding carboxylic acids is 2. The maximum absolute atomic E-state index is 13.5. The zero-order chi connectivity index (χ0) is 25.8. The first-order valence-corrected chi connectivity index (χ1v) is 12.7. The molecule has 6 heteroatoms. The highest BCUT2D eigenvalue weighted by molar-refractivity contribution is 6.11. The van der Waals surface area contributed by atoms with E-state index in [-0.39, 0.29) is 11.7 Å². The summed E-state index contributed by atoms with van der Waals surface area (Å²) in [5.41, 5.74) is 9.68. The molecular formula is C31H31N3O3. The number of phenolic OH excluding ortho intramolecular Hbond substituents is 1. The highest BCUT2D eigenvalue weighted by atomic mass is 16.3. The van der Waals surface area contributed by atoms with Crippen molar-refractivity contribution < 1.29 is 14.7 Å². The second kappa shape index (κ2) is 10.8. The van der Waals surface area contributed by atoms with E-state index >= 15 is 0 Å². The summed E-state index contributed by atoms with van der Waals surface area (Å²) in [5, 5.41) is 11.9. The van der Waals surface area contributed by atoms with Crippen molar-refractivity contribution in [1.29, 1.82) is 0 Å². The van der Waals surface area contributed by atoms with E-state index in [9.17, 15) is 14.7 Å². The summed E-state index contributed by atoms with van der Waals surface area (Å²) >= 11 is 0. The second-order valence-corrected chi connectivity index (χ2v) is 9.56. The van der Waals surface area contributed by atoms with Gasteiger partial charge in [-0.1, -0.05) is 54.6 Å². The van der Waals surface area contributed by atoms with Crippen LogP contribution in [0.2, 0.25) is 0 Å². The van der Waals surface area contributed by atoms with E-state index in [0.29, 0.717) is 24.2 Å². The molecule has 4 aromatic rings. The third-order valence-corrected chi connectivity index (χ3v) is 7.15. The van der Waals surface area contributed by atoms with Crippen LogP contribution < -0.4 is 5.73 Å². The number of nitrogens with zero attached hydrogens (tertiary/aromatic N) is 2. The third-order valence-electron chi connectivity index (χ3n) is 7.15. The number of carbonyl (C=O) groups is 2. The molecule has 0 aromatic heterocycles. The van der Waals surface area contributed by atoms with Crippen LogP contribution in [0.25, 0.3) is 21.9 Å². The highest BCUT2D eigenvalue weighted by Crippen LogP contribution is 2.33. The van der Waals surface area contributed by atoms with Gasteiger partial charge in [0.25, 0.3) is 5.91 Å². The van der Waals surface area contributed by atoms with Crippen LogP contribution in [0, 0.1) is 0 Å². The Morgan fingerprint density at radius 3 is 2.24 bits per heavy atom. The van der Waals surface area contributed by atoms with Gasteiger partial charge in [-0.05, 0) is 77.2 Å². The summed E-state index contributed by atoms with van der Waals surface area (Å²) in [4.78, 5) is 29.1. The van der Waals surface area contributed by atoms with Crippen LogP contribution in [0.5, 0.6) is 5.75 Å². The molecule has 4 aromatic carbocycles. The monoisotopic (exact) mass is 493 g/mol. The van der Waals surface area contributed by atoms with Crippen molar-refractivity contribution >= 4 is 22.6 Å². The number of amides is 2. The Balaban J connectivity index is 1.21. The van der Waals surface area contributed by atoms with Crippen molar-refractivity contribution in [3.8, 4) is 16.9 Å². The molecule has 0 saturated carbocycles. The normalized spacial score (nSPS) is 14.1. The van der Waals surface area contributed by atoms with E-state index in [2.05, 4.69) is 4.90 Å². The van der Waals surface area contributed by atoms with Crippen molar-refractivity contribution in [1.82, 2.24) is 9.80 Å². The lowest BCUT2D eigenvalue weighted by Crippen LogP contribution is -2.48. The molecule has 1 fully saturated rings. The Morgan fingerprint density at radius 2 is 1.54 bits per heavy atom. The van der Waals surface area contributed by atoms with Crippen LogP contribution in [0.3, 0.4) is 0 Å². The Bertz CT molecular complexity index is 1420. The van der Waals surface area contributed by atoms with Crippen LogP contribution >= 0.6 is 0 Å². The van der Waals surface area contributed by atoms with Gasteiger partial charge < -0.3 is 15.7 Å². The summed E-state index contributed by atoms with van der Waals surface area (Å²) in [6, 6.07) is 26.6. The highest BCUT2D eigenvalue weighted by Gasteiger charge is 2.23. The van der Waals surface area contributed by atoms with E-state index < -0.39 is 5.91 Å². The van der Waals surface area contributed by atoms with Crippen LogP contribution in [-0.2, 0) is 6.42 Å². The number of nitrogens with two attached hydrogens (primary N) is 1. The minimum absolute atomic E-state index is 0.0628. The van der Waals surface area contributed by atoms with Crippen LogP contribution in [0.1, 0.15) is 32.7 Å². The minimum Gasteiger partial charge on any atom is -0.508 e. The molecule has 0 aliphatic carbocycles. The zero-order valence-electron chi connectivity index (χ0n) is 20.8. The lowest BCUT2D eigenvalue weighted by molar-refractivity contribution is 0.0638. The van der Waals surface area contributed by atoms with E-state index in [1.54, 1.807) is 24.3 Å². The fraction of sp³-hybridized carbons (Fsp3) is 0.226. The van der Waals surface area contributed by atoms with Gasteiger partial charge in [0.05, 0.1) is 0 Å². The fourth-order valence-corrected chi connectivity index (χ4v) is 5.10. The molecular weight excluding hydrogens is 462 g/mol. The summed E-state index contributed by atoms with van der Waals surface area (Å²) < 4.78 is 0. The van der Waals surface area contributed by atoms with E-state index in [4.69, 9.17) is 5.73 Å². The second-order valence-electron chi connectivity index (χ2n) is 9.56. The largest absolute Gasteiger partial charge is 0.508 e. The Hall–Kier alpha value is -4.16. The van der Waals surface area contributed by atoms with Crippen LogP contribution in [0.4, 0.5) is 0 Å². The van der Waals surface area contributed by atoms with Gasteiger partial charge in [-0.3, -0.25) is 14.5 Å². The number of hydrogen-bond donors (Lipinski definition) is 2. The third kappa shape index (κ3) is 5.49. The molecule has 188 valence electrons. The van der Waals surface area contributed by atoms with Gasteiger partial charge in [0.15, 0.2) is 0 Å². The molecule has 6 nitrogen and oxygen atoms in total. The molecule has 37 heavy (non-hydrogen) atoms. The fourth-order valence-electron chi connectivity index (χ4n) is 5.10. The number of fused-ring (bicyclic) bond motifs is 1. The molecule has 1 aliphatic heterocycles. The van der Waals surface area contributed by atoms with Gasteiger partial charge in [0.1, 0.15) is 5.75 Å². The van der Waals surface area contributed by atoms with Crippen molar-refractivity contribution in [3.63, 3.8) is 0 Å². The predicted octanol–water partition coefficient (Wildman–Crippen LogP) is 4.70. The van der Waals surface area contributed by atoms with Gasteiger partial charge >= 0.3 is 0 Å². The van der Waals surface area contributed by atoms with Gasteiger partial charge in [-0.2, -0.15) is 0 Å². The Kier molecular flexibility index (Phi) is 7.19. The minimum atomic E-state index is -0.403. The first kappa shape index (κ1) is 24.5. The molecule has 5 rings (SSSR count). The molecule has 2 amide bonds. The Labute approximate surface area is 216 Å². The SMILES string of the molecule is NC(=O)c1ccc(CCCN2CCN(C(=O)c3ccc(-c4cccc(O)c4)c4ccccc34)CC2)cc1. The van der Waals surface area contributed by atoms with Crippen molar-refractivity contribution in [2.24, 2.45) is 5.73 Å². The van der Waals surface area contributed by atoms with E-state index in [1.807, 2.05) is 65.6 Å². The molecule has 0 atom stereocenters. The summed E-state index contributed by atoms with van der Waals surface area (Å²) in [6.07, 6.45) is 1.96. The number of hydrogen-bond acceptors (Lipinski definition) is 4. The number of benzene rings is 4. The number of aryl methyl sites for hydroxylation is 1. The molecule has 3 N–H and O–H groups in total. The van der Waals surface area contributed by atoms with Gasteiger partial charge in [0.2, 0.25) is 5.91 Å². The molecule has 1 aliphatic rings. The Morgan fingerprint density at radius 1 is 0.811 bits per heavy atom. The molecule has 1 heterocycles. The molecule has 0 bridgehead atoms. The van der Waals surface area contributed by atoms with Crippen molar-refractivity contribution in [2.75, 3.05) is 32.7 Å². The lowest BCUT2D eigenvalue weighted by Gasteiger charge is -2.35. The first-order chi connectivity index (χ1) is 18.0. The lowest BCUT2D eigenvalue weighted by atomic mass is 9.94. The smallest absolute Gasteiger partial charge is 0.254 e. The van der Waals surface area contributed by atoms with Crippen molar-refractivity contribution in [2.45, 2.75) is 12.8 Å². The topological polar surface area (TPSA) is 86.9 Å². The van der Waals surface area contributed by atoms with Gasteiger partial charge in [-0.15, -0.1) is 0 Å². The number of phenols is 1. The molecule has 0 unspecified atom stereocenters. The quantitative estimate of drug-likeness (QED) is 0.391. The first-order valence-electron chi connectivity index (χ1n) is 12.7. The summed E-state index contributed by atoms with van der Waals surface area (Å²) in [5.74, 6) is -0.118. The predicted molar refractivity (Wildman–Crippen MR) is 147 cm³/mol. The van der Waals surface area contributed by atoms with E-state index in [1.165, 1.54) is 5.56 Å². The maximum atomic E-state index is 13.5. The van der Waals surface area contributed by atoms with Crippen LogP contribution in [-0.4, -0.2) is 59.4 Å². The standard InChI is InChI=1S/C31H31N3O3/c32-30(36)23-12-10-22(11-13-23)5-4-16-33-17-19-34(20-18-33)31(37)29-15-14-26(24-6-3-7-25(35)21-24)27-8-1-2-9-28(27)29/h1-3,6-15,21,35H,4-5,16-20H2,(H2,32,36). The number of primary amides is 1. The number of rotatable bonds is 7. The summed E-state index contributed by atoms with van der Waals surface area (Å²) in [6.45, 7) is 4.09. The summed E-state index contributed by atoms with van der Waals surface area (Å²) in [7, 11) is 0. The molecule has 1 saturated heterocycles. The molecule has 0 radical (unpaired) electrons. The molecule has 0 spiro atoms. The zero-order valence-corrected chi connectivity index (χ0v) is 20.8. The number of aromatic hydroxyl groups is 1. The van der Waals surface area contributed by atoms with Gasteiger partial charge in [-0.25, -0.2) is 0 Å². The number of piperazine rings is 1. The van der Waals surface area contributed by atoms with Crippen LogP contribution in [0.15, 0.2) is 84.9 Å². The maximum Gasteiger partial charge on any atom is 0.254 e.